The van der Waals surface area contributed by atoms with Crippen LogP contribution in [0, 0.1) is 5.92 Å². The van der Waals surface area contributed by atoms with Crippen molar-refractivity contribution in [2.75, 3.05) is 19.6 Å². The summed E-state index contributed by atoms with van der Waals surface area (Å²) in [7, 11) is 0. The van der Waals surface area contributed by atoms with Gasteiger partial charge in [0.25, 0.3) is 0 Å². The number of nitrogens with zero attached hydrogens (tertiary/aromatic N) is 1. The van der Waals surface area contributed by atoms with Gasteiger partial charge in [0.05, 0.1) is 0 Å². The molecule has 1 rings (SSSR count). The molecule has 0 unspecified atom stereocenters. The van der Waals surface area contributed by atoms with Crippen molar-refractivity contribution < 1.29 is 4.79 Å². The van der Waals surface area contributed by atoms with E-state index in [1.807, 2.05) is 11.8 Å². The van der Waals surface area contributed by atoms with E-state index in [2.05, 4.69) is 19.2 Å². The zero-order chi connectivity index (χ0) is 9.84. The Morgan fingerprint density at radius 1 is 1.69 bits per heavy atom. The number of carbonyl (C=O) groups excluding carboxylic acids is 1. The Bertz CT molecular complexity index is 182. The van der Waals surface area contributed by atoms with Gasteiger partial charge in [0.1, 0.15) is 0 Å². The lowest BCUT2D eigenvalue weighted by Gasteiger charge is -2.35. The van der Waals surface area contributed by atoms with Crippen molar-refractivity contribution in [1.82, 2.24) is 10.2 Å². The second-order valence-electron chi connectivity index (χ2n) is 3.89. The number of rotatable bonds is 2. The van der Waals surface area contributed by atoms with Crippen molar-refractivity contribution in [3.8, 4) is 0 Å². The molecule has 0 aromatic carbocycles. The molecule has 0 saturated carbocycles. The Morgan fingerprint density at radius 2 is 2.38 bits per heavy atom. The van der Waals surface area contributed by atoms with E-state index in [4.69, 9.17) is 0 Å². The number of hydrogen-bond acceptors (Lipinski definition) is 2. The van der Waals surface area contributed by atoms with Crippen LogP contribution in [0.15, 0.2) is 0 Å². The molecule has 1 fully saturated rings. The summed E-state index contributed by atoms with van der Waals surface area (Å²) in [6.45, 7) is 8.91. The molecule has 0 aromatic heterocycles. The summed E-state index contributed by atoms with van der Waals surface area (Å²) >= 11 is 0. The topological polar surface area (TPSA) is 32.3 Å². The van der Waals surface area contributed by atoms with E-state index >= 15 is 0 Å². The predicted molar refractivity (Wildman–Crippen MR) is 53.5 cm³/mol. The summed E-state index contributed by atoms with van der Waals surface area (Å²) < 4.78 is 0. The molecule has 0 bridgehead atoms. The molecule has 0 aromatic rings. The quantitative estimate of drug-likeness (QED) is 0.690. The molecule has 1 aliphatic rings. The van der Waals surface area contributed by atoms with E-state index in [0.29, 0.717) is 11.9 Å². The summed E-state index contributed by atoms with van der Waals surface area (Å²) in [5, 5.41) is 3.28. The molecule has 0 radical (unpaired) electrons. The van der Waals surface area contributed by atoms with E-state index in [-0.39, 0.29) is 5.92 Å². The van der Waals surface area contributed by atoms with Gasteiger partial charge in [0.15, 0.2) is 0 Å². The number of hydrogen-bond donors (Lipinski definition) is 1. The van der Waals surface area contributed by atoms with Crippen LogP contribution in [0.25, 0.3) is 0 Å². The number of carbonyl (C=O) groups is 1. The standard InChI is InChI=1S/C10H20N2O/c1-4-8(2)10(13)12-6-5-11-7-9(12)3/h8-9,11H,4-7H2,1-3H3/t8-,9-/m1/s1. The minimum absolute atomic E-state index is 0.181. The predicted octanol–water partition coefficient (Wildman–Crippen LogP) is 0.853. The molecule has 2 atom stereocenters. The van der Waals surface area contributed by atoms with Gasteiger partial charge in [-0.15, -0.1) is 0 Å². The molecular weight excluding hydrogens is 164 g/mol. The van der Waals surface area contributed by atoms with Crippen molar-refractivity contribution in [3.05, 3.63) is 0 Å². The van der Waals surface area contributed by atoms with Gasteiger partial charge in [0.2, 0.25) is 5.91 Å². The number of nitrogens with one attached hydrogen (secondary N) is 1. The van der Waals surface area contributed by atoms with Crippen molar-refractivity contribution in [2.45, 2.75) is 33.2 Å². The highest BCUT2D eigenvalue weighted by atomic mass is 16.2. The van der Waals surface area contributed by atoms with Crippen LogP contribution in [0.1, 0.15) is 27.2 Å². The third-order valence-electron chi connectivity index (χ3n) is 2.82. The van der Waals surface area contributed by atoms with Gasteiger partial charge in [-0.05, 0) is 13.3 Å². The van der Waals surface area contributed by atoms with Crippen LogP contribution in [-0.4, -0.2) is 36.5 Å². The summed E-state index contributed by atoms with van der Waals surface area (Å²) in [4.78, 5) is 13.8. The minimum Gasteiger partial charge on any atom is -0.337 e. The Labute approximate surface area is 80.5 Å². The van der Waals surface area contributed by atoms with E-state index in [1.54, 1.807) is 0 Å². The second-order valence-corrected chi connectivity index (χ2v) is 3.89. The number of piperazine rings is 1. The average Bonchev–Trinajstić information content (AvgIpc) is 2.16. The third-order valence-corrected chi connectivity index (χ3v) is 2.82. The molecule has 1 saturated heterocycles. The maximum Gasteiger partial charge on any atom is 0.225 e. The molecule has 76 valence electrons. The lowest BCUT2D eigenvalue weighted by atomic mass is 10.1. The van der Waals surface area contributed by atoms with Crippen LogP contribution in [0.3, 0.4) is 0 Å². The van der Waals surface area contributed by atoms with Gasteiger partial charge in [-0.3, -0.25) is 4.79 Å². The Kier molecular flexibility index (Phi) is 3.72. The summed E-state index contributed by atoms with van der Waals surface area (Å²) in [5.74, 6) is 0.497. The van der Waals surface area contributed by atoms with Gasteiger partial charge in [-0.2, -0.15) is 0 Å². The molecule has 1 aliphatic heterocycles. The first-order valence-corrected chi connectivity index (χ1v) is 5.18. The van der Waals surface area contributed by atoms with Crippen LogP contribution < -0.4 is 5.32 Å². The van der Waals surface area contributed by atoms with E-state index in [1.165, 1.54) is 0 Å². The first kappa shape index (κ1) is 10.5. The highest BCUT2D eigenvalue weighted by Crippen LogP contribution is 2.11. The molecule has 1 N–H and O–H groups in total. The molecule has 13 heavy (non-hydrogen) atoms. The van der Waals surface area contributed by atoms with E-state index in [0.717, 1.165) is 26.1 Å². The normalized spacial score (nSPS) is 25.8. The fraction of sp³-hybridized carbons (Fsp3) is 0.900. The molecular formula is C10H20N2O. The fourth-order valence-electron chi connectivity index (χ4n) is 1.63. The van der Waals surface area contributed by atoms with Gasteiger partial charge in [-0.25, -0.2) is 0 Å². The molecule has 1 amide bonds. The molecule has 0 aliphatic carbocycles. The van der Waals surface area contributed by atoms with E-state index < -0.39 is 0 Å². The van der Waals surface area contributed by atoms with Crippen LogP contribution in [0.2, 0.25) is 0 Å². The lowest BCUT2D eigenvalue weighted by Crippen LogP contribution is -2.53. The smallest absolute Gasteiger partial charge is 0.225 e. The van der Waals surface area contributed by atoms with Crippen molar-refractivity contribution in [1.29, 1.82) is 0 Å². The molecule has 0 spiro atoms. The van der Waals surface area contributed by atoms with Gasteiger partial charge in [0, 0.05) is 31.6 Å². The molecule has 3 nitrogen and oxygen atoms in total. The largest absolute Gasteiger partial charge is 0.337 e. The van der Waals surface area contributed by atoms with Crippen LogP contribution >= 0.6 is 0 Å². The highest BCUT2D eigenvalue weighted by Gasteiger charge is 2.25. The highest BCUT2D eigenvalue weighted by molar-refractivity contribution is 5.78. The first-order valence-electron chi connectivity index (χ1n) is 5.18. The lowest BCUT2D eigenvalue weighted by molar-refractivity contribution is -0.137. The average molecular weight is 184 g/mol. The SMILES string of the molecule is CC[C@@H](C)C(=O)N1CCNC[C@H]1C. The fourth-order valence-corrected chi connectivity index (χ4v) is 1.63. The van der Waals surface area contributed by atoms with Crippen LogP contribution in [-0.2, 0) is 4.79 Å². The summed E-state index contributed by atoms with van der Waals surface area (Å²) in [6.07, 6.45) is 0.940. The minimum atomic E-state index is 0.181. The number of amides is 1. The molecule has 3 heteroatoms. The van der Waals surface area contributed by atoms with Crippen molar-refractivity contribution in [3.63, 3.8) is 0 Å². The monoisotopic (exact) mass is 184 g/mol. The molecule has 1 heterocycles. The van der Waals surface area contributed by atoms with Crippen LogP contribution in [0.4, 0.5) is 0 Å². The second kappa shape index (κ2) is 4.61. The van der Waals surface area contributed by atoms with Crippen molar-refractivity contribution in [2.24, 2.45) is 5.92 Å². The van der Waals surface area contributed by atoms with E-state index in [9.17, 15) is 4.79 Å². The first-order chi connectivity index (χ1) is 6.16. The zero-order valence-electron chi connectivity index (χ0n) is 8.84. The van der Waals surface area contributed by atoms with Gasteiger partial charge >= 0.3 is 0 Å². The zero-order valence-corrected chi connectivity index (χ0v) is 8.84. The Hall–Kier alpha value is -0.570. The third kappa shape index (κ3) is 2.44. The summed E-state index contributed by atoms with van der Waals surface area (Å²) in [6, 6.07) is 0.357. The van der Waals surface area contributed by atoms with Gasteiger partial charge < -0.3 is 10.2 Å². The van der Waals surface area contributed by atoms with Gasteiger partial charge in [-0.1, -0.05) is 13.8 Å². The summed E-state index contributed by atoms with van der Waals surface area (Å²) in [5.41, 5.74) is 0. The maximum absolute atomic E-state index is 11.8. The maximum atomic E-state index is 11.8. The Morgan fingerprint density at radius 3 is 2.92 bits per heavy atom. The van der Waals surface area contributed by atoms with Crippen molar-refractivity contribution >= 4 is 5.91 Å². The Balaban J connectivity index is 2.53. The van der Waals surface area contributed by atoms with Crippen LogP contribution in [0.5, 0.6) is 0 Å².